The Morgan fingerprint density at radius 2 is 1.59 bits per heavy atom. The van der Waals surface area contributed by atoms with E-state index >= 15 is 0 Å². The van der Waals surface area contributed by atoms with Crippen molar-refractivity contribution in [1.29, 1.82) is 0 Å². The number of hydrogen-bond donors (Lipinski definition) is 0. The summed E-state index contributed by atoms with van der Waals surface area (Å²) in [5, 5.41) is 7.15. The maximum atomic E-state index is 6.47. The second-order valence-corrected chi connectivity index (χ2v) is 9.42. The molecular formula is C29H23BrN2O2. The first-order valence-electron chi connectivity index (χ1n) is 11.4. The molecule has 0 aromatic heterocycles. The first kappa shape index (κ1) is 21.0. The van der Waals surface area contributed by atoms with Gasteiger partial charge in [-0.2, -0.15) is 5.10 Å². The number of benzene rings is 4. The lowest BCUT2D eigenvalue weighted by molar-refractivity contribution is -0.0190. The molecule has 0 aliphatic carbocycles. The van der Waals surface area contributed by atoms with Crippen molar-refractivity contribution in [1.82, 2.24) is 5.01 Å². The van der Waals surface area contributed by atoms with Gasteiger partial charge in [-0.25, -0.2) is 5.01 Å². The summed E-state index contributed by atoms with van der Waals surface area (Å²) in [4.78, 5) is 0. The zero-order chi connectivity index (χ0) is 22.9. The fourth-order valence-corrected chi connectivity index (χ4v) is 4.80. The highest BCUT2D eigenvalue weighted by Crippen LogP contribution is 2.47. The number of hydrogen-bond acceptors (Lipinski definition) is 4. The number of hydrazone groups is 1. The van der Waals surface area contributed by atoms with Gasteiger partial charge in [-0.05, 0) is 53.6 Å². The van der Waals surface area contributed by atoms with Gasteiger partial charge in [-0.1, -0.05) is 76.6 Å². The number of halogens is 1. The highest BCUT2D eigenvalue weighted by atomic mass is 79.9. The van der Waals surface area contributed by atoms with Gasteiger partial charge >= 0.3 is 0 Å². The average molecular weight is 511 g/mol. The maximum absolute atomic E-state index is 6.47. The highest BCUT2D eigenvalue weighted by molar-refractivity contribution is 9.10. The van der Waals surface area contributed by atoms with Crippen LogP contribution in [0.3, 0.4) is 0 Å². The SMILES string of the molecule is Brc1ccc(C2=NN3[C@H](C2)c2ccccc2O[C@@H]3c2ccc(OCc3ccccc3)cc2)cc1. The number of ether oxygens (including phenoxy) is 2. The fraction of sp³-hybridized carbons (Fsp3) is 0.138. The Morgan fingerprint density at radius 3 is 2.38 bits per heavy atom. The van der Waals surface area contributed by atoms with Crippen LogP contribution in [-0.4, -0.2) is 10.7 Å². The molecule has 0 fully saturated rings. The summed E-state index contributed by atoms with van der Waals surface area (Å²) in [6.45, 7) is 0.544. The van der Waals surface area contributed by atoms with Crippen LogP contribution >= 0.6 is 15.9 Å². The lowest BCUT2D eigenvalue weighted by atomic mass is 9.96. The summed E-state index contributed by atoms with van der Waals surface area (Å²) in [6, 6.07) is 35.1. The Kier molecular flexibility index (Phi) is 5.55. The molecule has 0 unspecified atom stereocenters. The van der Waals surface area contributed by atoms with Crippen molar-refractivity contribution >= 4 is 21.6 Å². The smallest absolute Gasteiger partial charge is 0.213 e. The Morgan fingerprint density at radius 1 is 0.853 bits per heavy atom. The molecule has 0 spiro atoms. The molecule has 0 saturated heterocycles. The number of fused-ring (bicyclic) bond motifs is 3. The average Bonchev–Trinajstić information content (AvgIpc) is 3.34. The molecule has 168 valence electrons. The Labute approximate surface area is 207 Å². The molecule has 5 heteroatoms. The number of para-hydroxylation sites is 1. The van der Waals surface area contributed by atoms with Gasteiger partial charge in [0.05, 0.1) is 11.8 Å². The van der Waals surface area contributed by atoms with Crippen LogP contribution in [0.4, 0.5) is 0 Å². The summed E-state index contributed by atoms with van der Waals surface area (Å²) >= 11 is 3.53. The molecule has 2 aliphatic rings. The van der Waals surface area contributed by atoms with E-state index in [2.05, 4.69) is 87.7 Å². The molecule has 0 radical (unpaired) electrons. The van der Waals surface area contributed by atoms with Crippen molar-refractivity contribution in [3.8, 4) is 11.5 Å². The minimum Gasteiger partial charge on any atom is -0.489 e. The fourth-order valence-electron chi connectivity index (χ4n) is 4.54. The van der Waals surface area contributed by atoms with Crippen LogP contribution in [0.5, 0.6) is 11.5 Å². The van der Waals surface area contributed by atoms with E-state index in [0.717, 1.165) is 44.8 Å². The predicted molar refractivity (Wildman–Crippen MR) is 137 cm³/mol. The molecule has 34 heavy (non-hydrogen) atoms. The van der Waals surface area contributed by atoms with Crippen LogP contribution in [0.15, 0.2) is 113 Å². The van der Waals surface area contributed by atoms with Crippen LogP contribution in [0.2, 0.25) is 0 Å². The van der Waals surface area contributed by atoms with E-state index in [1.54, 1.807) is 0 Å². The van der Waals surface area contributed by atoms with Gasteiger partial charge < -0.3 is 9.47 Å². The molecule has 4 aromatic carbocycles. The highest BCUT2D eigenvalue weighted by Gasteiger charge is 2.40. The minimum atomic E-state index is -0.295. The number of rotatable bonds is 5. The van der Waals surface area contributed by atoms with Gasteiger partial charge in [-0.15, -0.1) is 0 Å². The molecule has 4 aromatic rings. The predicted octanol–water partition coefficient (Wildman–Crippen LogP) is 7.27. The Balaban J connectivity index is 1.28. The third kappa shape index (κ3) is 4.08. The second kappa shape index (κ2) is 8.99. The zero-order valence-electron chi connectivity index (χ0n) is 18.5. The lowest BCUT2D eigenvalue weighted by Gasteiger charge is -2.38. The van der Waals surface area contributed by atoms with Crippen molar-refractivity contribution < 1.29 is 9.47 Å². The minimum absolute atomic E-state index is 0.141. The van der Waals surface area contributed by atoms with Gasteiger partial charge in [0.25, 0.3) is 0 Å². The summed E-state index contributed by atoms with van der Waals surface area (Å²) < 4.78 is 13.5. The van der Waals surface area contributed by atoms with Gasteiger partial charge in [0, 0.05) is 22.0 Å². The van der Waals surface area contributed by atoms with Crippen molar-refractivity contribution in [3.63, 3.8) is 0 Å². The standard InChI is InChI=1S/C29H23BrN2O2/c30-23-14-10-21(11-15-23)26-18-27-25-8-4-5-9-28(25)34-29(32(27)31-26)22-12-16-24(17-13-22)33-19-20-6-2-1-3-7-20/h1-17,27,29H,18-19H2/t27-,29-/m1/s1. The molecule has 6 rings (SSSR count). The Hall–Kier alpha value is -3.57. The number of nitrogens with zero attached hydrogens (tertiary/aromatic N) is 2. The summed E-state index contributed by atoms with van der Waals surface area (Å²) in [5.41, 5.74) is 5.59. The van der Waals surface area contributed by atoms with Crippen LogP contribution in [0, 0.1) is 0 Å². The van der Waals surface area contributed by atoms with E-state index in [-0.39, 0.29) is 12.3 Å². The molecule has 2 heterocycles. The van der Waals surface area contributed by atoms with E-state index < -0.39 is 0 Å². The van der Waals surface area contributed by atoms with E-state index in [0.29, 0.717) is 6.61 Å². The van der Waals surface area contributed by atoms with Crippen LogP contribution in [0.1, 0.15) is 40.9 Å². The lowest BCUT2D eigenvalue weighted by Crippen LogP contribution is -2.33. The van der Waals surface area contributed by atoms with Crippen molar-refractivity contribution in [3.05, 3.63) is 130 Å². The quantitative estimate of drug-likeness (QED) is 0.283. The van der Waals surface area contributed by atoms with Gasteiger partial charge in [-0.3, -0.25) is 0 Å². The molecular weight excluding hydrogens is 488 g/mol. The van der Waals surface area contributed by atoms with E-state index in [4.69, 9.17) is 14.6 Å². The molecule has 4 nitrogen and oxygen atoms in total. The second-order valence-electron chi connectivity index (χ2n) is 8.50. The molecule has 0 bridgehead atoms. The summed E-state index contributed by atoms with van der Waals surface area (Å²) in [7, 11) is 0. The first-order valence-corrected chi connectivity index (χ1v) is 12.2. The van der Waals surface area contributed by atoms with E-state index in [1.807, 2.05) is 36.4 Å². The Bertz CT molecular complexity index is 1320. The van der Waals surface area contributed by atoms with Gasteiger partial charge in [0.2, 0.25) is 6.23 Å². The van der Waals surface area contributed by atoms with Crippen molar-refractivity contribution in [2.45, 2.75) is 25.3 Å². The van der Waals surface area contributed by atoms with Crippen LogP contribution < -0.4 is 9.47 Å². The van der Waals surface area contributed by atoms with Crippen LogP contribution in [-0.2, 0) is 6.61 Å². The van der Waals surface area contributed by atoms with E-state index in [1.165, 1.54) is 5.56 Å². The molecule has 2 atom stereocenters. The maximum Gasteiger partial charge on any atom is 0.213 e. The van der Waals surface area contributed by atoms with Gasteiger partial charge in [0.1, 0.15) is 18.1 Å². The first-order chi connectivity index (χ1) is 16.7. The molecule has 2 aliphatic heterocycles. The third-order valence-corrected chi connectivity index (χ3v) is 6.82. The monoisotopic (exact) mass is 510 g/mol. The van der Waals surface area contributed by atoms with E-state index in [9.17, 15) is 0 Å². The normalized spacial score (nSPS) is 18.5. The molecule has 0 saturated carbocycles. The molecule has 0 N–H and O–H groups in total. The van der Waals surface area contributed by atoms with Crippen LogP contribution in [0.25, 0.3) is 0 Å². The summed E-state index contributed by atoms with van der Waals surface area (Å²) in [5.74, 6) is 1.76. The zero-order valence-corrected chi connectivity index (χ0v) is 20.1. The third-order valence-electron chi connectivity index (χ3n) is 6.29. The largest absolute Gasteiger partial charge is 0.489 e. The van der Waals surface area contributed by atoms with Crippen molar-refractivity contribution in [2.24, 2.45) is 5.10 Å². The summed E-state index contributed by atoms with van der Waals surface area (Å²) in [6.07, 6.45) is 0.549. The molecule has 0 amide bonds. The van der Waals surface area contributed by atoms with Crippen molar-refractivity contribution in [2.75, 3.05) is 0 Å². The topological polar surface area (TPSA) is 34.1 Å². The van der Waals surface area contributed by atoms with Gasteiger partial charge in [0.15, 0.2) is 0 Å².